The number of methoxy groups -OCH3 is 1. The Morgan fingerprint density at radius 2 is 1.74 bits per heavy atom. The van der Waals surface area contributed by atoms with Gasteiger partial charge in [0, 0.05) is 36.3 Å². The van der Waals surface area contributed by atoms with Crippen LogP contribution in [0.3, 0.4) is 0 Å². The van der Waals surface area contributed by atoms with Crippen LogP contribution in [0.4, 0.5) is 13.2 Å². The maximum absolute atomic E-state index is 14.4. The lowest BCUT2D eigenvalue weighted by Gasteiger charge is -2.20. The predicted octanol–water partition coefficient (Wildman–Crippen LogP) is 9.70. The van der Waals surface area contributed by atoms with E-state index in [0.29, 0.717) is 88.2 Å². The van der Waals surface area contributed by atoms with Gasteiger partial charge in [0.15, 0.2) is 5.58 Å². The van der Waals surface area contributed by atoms with Crippen LogP contribution in [-0.2, 0) is 24.1 Å². The number of alkyl halides is 3. The van der Waals surface area contributed by atoms with Gasteiger partial charge in [-0.3, -0.25) is 14.6 Å². The molecule has 0 amide bonds. The summed E-state index contributed by atoms with van der Waals surface area (Å²) in [5, 5.41) is 19.7. The van der Waals surface area contributed by atoms with E-state index < -0.39 is 23.6 Å². The first kappa shape index (κ1) is 37.2. The van der Waals surface area contributed by atoms with Gasteiger partial charge < -0.3 is 14.3 Å². The van der Waals surface area contributed by atoms with E-state index in [-0.39, 0.29) is 5.56 Å². The number of fused-ring (bicyclic) bond motifs is 1. The van der Waals surface area contributed by atoms with Gasteiger partial charge in [-0.15, -0.1) is 0 Å². The molecule has 54 heavy (non-hydrogen) atoms. The fraction of sp³-hybridized carbons (Fsp3) is 0.310. The SMILES string of the molecule is COc1cc(/C=C/c2cccc(-c3cccc(-c4nc5cc(CN6CC[C@@H](C(=O)O)C6)cc(C#N)c5o4)c3C)c2Cl)c(C(F)(F)F)cc1CN1CCCC1. The predicted molar refractivity (Wildman–Crippen MR) is 202 cm³/mol. The summed E-state index contributed by atoms with van der Waals surface area (Å²) in [6.45, 7) is 5.58. The number of carboxylic acid groups (broad SMARTS) is 1. The van der Waals surface area contributed by atoms with Gasteiger partial charge in [-0.2, -0.15) is 18.4 Å². The Balaban J connectivity index is 1.19. The number of aliphatic carboxylic acids is 1. The highest BCUT2D eigenvalue weighted by molar-refractivity contribution is 6.35. The lowest BCUT2D eigenvalue weighted by atomic mass is 9.94. The Kier molecular flexibility index (Phi) is 10.5. The summed E-state index contributed by atoms with van der Waals surface area (Å²) in [6, 6.07) is 19.5. The number of rotatable bonds is 10. The van der Waals surface area contributed by atoms with Crippen molar-refractivity contribution in [2.45, 2.75) is 45.5 Å². The number of nitrogens with zero attached hydrogens (tertiary/aromatic N) is 4. The van der Waals surface area contributed by atoms with Gasteiger partial charge in [-0.1, -0.05) is 54.1 Å². The van der Waals surface area contributed by atoms with E-state index in [1.54, 1.807) is 24.3 Å². The molecule has 0 unspecified atom stereocenters. The van der Waals surface area contributed by atoms with Crippen molar-refractivity contribution in [1.82, 2.24) is 14.8 Å². The molecule has 0 spiro atoms. The quantitative estimate of drug-likeness (QED) is 0.141. The average molecular weight is 755 g/mol. The molecule has 4 aromatic carbocycles. The monoisotopic (exact) mass is 754 g/mol. The third kappa shape index (κ3) is 7.60. The molecule has 12 heteroatoms. The lowest BCUT2D eigenvalue weighted by Crippen LogP contribution is -2.22. The molecule has 1 N–H and O–H groups in total. The fourth-order valence-corrected chi connectivity index (χ4v) is 7.85. The Morgan fingerprint density at radius 3 is 2.44 bits per heavy atom. The molecule has 8 nitrogen and oxygen atoms in total. The number of hydrogen-bond acceptors (Lipinski definition) is 7. The van der Waals surface area contributed by atoms with Crippen molar-refractivity contribution in [2.24, 2.45) is 5.92 Å². The number of ether oxygens (including phenoxy) is 1. The van der Waals surface area contributed by atoms with Crippen molar-refractivity contribution >= 4 is 40.8 Å². The minimum atomic E-state index is -4.57. The molecule has 2 aliphatic heterocycles. The zero-order chi connectivity index (χ0) is 38.1. The maximum Gasteiger partial charge on any atom is 0.417 e. The second kappa shape index (κ2) is 15.3. The summed E-state index contributed by atoms with van der Waals surface area (Å²) in [7, 11) is 1.47. The van der Waals surface area contributed by atoms with Gasteiger partial charge in [-0.05, 0) is 104 Å². The van der Waals surface area contributed by atoms with Gasteiger partial charge in [-0.25, -0.2) is 4.98 Å². The van der Waals surface area contributed by atoms with Crippen LogP contribution in [0.1, 0.15) is 58.2 Å². The Bertz CT molecular complexity index is 2310. The number of aromatic nitrogens is 1. The molecule has 2 saturated heterocycles. The highest BCUT2D eigenvalue weighted by Gasteiger charge is 2.34. The summed E-state index contributed by atoms with van der Waals surface area (Å²) in [6.07, 6.45) is 1.07. The standard InChI is InChI=1S/C42H38ClF3N4O4/c1-25-32(8-6-9-33(25)40-48-36-18-26(17-30(21-47)39(36)54-40)22-50-16-13-29(23-50)41(51)52)34-10-5-7-27(38(34)43)11-12-28-20-37(53-2)31(19-35(28)42(44,45)46)24-49-14-3-4-15-49/h5-12,17-20,29H,3-4,13-16,22-24H2,1-2H3,(H,51,52)/b12-11+/t29-/m1/s1. The summed E-state index contributed by atoms with van der Waals surface area (Å²) >= 11 is 6.99. The van der Waals surface area contributed by atoms with Gasteiger partial charge in [0.2, 0.25) is 5.89 Å². The number of hydrogen-bond donors (Lipinski definition) is 1. The largest absolute Gasteiger partial charge is 0.496 e. The molecular weight excluding hydrogens is 717 g/mol. The molecule has 3 heterocycles. The summed E-state index contributed by atoms with van der Waals surface area (Å²) in [5.41, 5.74) is 5.26. The van der Waals surface area contributed by atoms with Crippen LogP contribution < -0.4 is 4.74 Å². The van der Waals surface area contributed by atoms with Crippen LogP contribution in [0.15, 0.2) is 65.1 Å². The number of nitriles is 1. The molecule has 2 fully saturated rings. The van der Waals surface area contributed by atoms with Crippen LogP contribution in [-0.4, -0.2) is 59.1 Å². The van der Waals surface area contributed by atoms with E-state index in [4.69, 9.17) is 25.7 Å². The van der Waals surface area contributed by atoms with Crippen molar-refractivity contribution in [1.29, 1.82) is 5.26 Å². The number of benzene rings is 4. The van der Waals surface area contributed by atoms with E-state index in [1.165, 1.54) is 25.3 Å². The van der Waals surface area contributed by atoms with Crippen LogP contribution >= 0.6 is 11.6 Å². The third-order valence-electron chi connectivity index (χ3n) is 10.4. The van der Waals surface area contributed by atoms with E-state index >= 15 is 0 Å². The van der Waals surface area contributed by atoms with Gasteiger partial charge >= 0.3 is 12.1 Å². The molecular formula is C42H38ClF3N4O4. The molecule has 0 bridgehead atoms. The molecule has 1 aromatic heterocycles. The molecule has 0 saturated carbocycles. The third-order valence-corrected chi connectivity index (χ3v) is 10.8. The molecule has 1 atom stereocenters. The number of halogens is 4. The van der Waals surface area contributed by atoms with E-state index in [9.17, 15) is 28.3 Å². The van der Waals surface area contributed by atoms with Crippen molar-refractivity contribution in [2.75, 3.05) is 33.3 Å². The maximum atomic E-state index is 14.4. The summed E-state index contributed by atoms with van der Waals surface area (Å²) < 4.78 is 54.9. The van der Waals surface area contributed by atoms with Gasteiger partial charge in [0.1, 0.15) is 17.3 Å². The molecule has 0 aliphatic carbocycles. The lowest BCUT2D eigenvalue weighted by molar-refractivity contribution is -0.141. The zero-order valence-corrected chi connectivity index (χ0v) is 30.6. The number of likely N-dealkylation sites (tertiary alicyclic amines) is 2. The number of carboxylic acids is 1. The van der Waals surface area contributed by atoms with Crippen LogP contribution in [0.25, 0.3) is 45.8 Å². The normalized spacial score (nSPS) is 16.8. The topological polar surface area (TPSA) is 103 Å². The Hall–Kier alpha value is -5.15. The minimum Gasteiger partial charge on any atom is -0.496 e. The number of oxazole rings is 1. The Labute approximate surface area is 316 Å². The Morgan fingerprint density at radius 1 is 1.02 bits per heavy atom. The first-order valence-corrected chi connectivity index (χ1v) is 18.2. The molecule has 278 valence electrons. The first-order chi connectivity index (χ1) is 25.9. The van der Waals surface area contributed by atoms with E-state index in [1.807, 2.05) is 37.3 Å². The van der Waals surface area contributed by atoms with Crippen molar-refractivity contribution in [3.05, 3.63) is 105 Å². The average Bonchev–Trinajstić information content (AvgIpc) is 3.93. The van der Waals surface area contributed by atoms with Crippen molar-refractivity contribution < 1.29 is 32.2 Å². The molecule has 0 radical (unpaired) electrons. The van der Waals surface area contributed by atoms with Crippen LogP contribution in [0.2, 0.25) is 5.02 Å². The zero-order valence-electron chi connectivity index (χ0n) is 29.8. The van der Waals surface area contributed by atoms with Crippen molar-refractivity contribution in [3.8, 4) is 34.4 Å². The molecule has 7 rings (SSSR count). The second-order valence-electron chi connectivity index (χ2n) is 13.9. The summed E-state index contributed by atoms with van der Waals surface area (Å²) in [4.78, 5) is 20.4. The van der Waals surface area contributed by atoms with E-state index in [2.05, 4.69) is 15.9 Å². The molecule has 2 aliphatic rings. The van der Waals surface area contributed by atoms with Gasteiger partial charge in [0.05, 0.1) is 29.2 Å². The smallest absolute Gasteiger partial charge is 0.417 e. The number of carbonyl (C=O) groups is 1. The van der Waals surface area contributed by atoms with Crippen molar-refractivity contribution in [3.63, 3.8) is 0 Å². The first-order valence-electron chi connectivity index (χ1n) is 17.8. The second-order valence-corrected chi connectivity index (χ2v) is 14.3. The minimum absolute atomic E-state index is 0.0232. The highest BCUT2D eigenvalue weighted by atomic mass is 35.5. The summed E-state index contributed by atoms with van der Waals surface area (Å²) in [5.74, 6) is -0.488. The van der Waals surface area contributed by atoms with Crippen LogP contribution in [0.5, 0.6) is 5.75 Å². The van der Waals surface area contributed by atoms with Gasteiger partial charge in [0.25, 0.3) is 0 Å². The fourth-order valence-electron chi connectivity index (χ4n) is 7.56. The highest BCUT2D eigenvalue weighted by Crippen LogP contribution is 2.40. The molecule has 5 aromatic rings. The van der Waals surface area contributed by atoms with Crippen LogP contribution in [0, 0.1) is 24.2 Å². The van der Waals surface area contributed by atoms with E-state index in [0.717, 1.165) is 42.6 Å².